The highest BCUT2D eigenvalue weighted by molar-refractivity contribution is 5.72. The Bertz CT molecular complexity index is 751. The highest BCUT2D eigenvalue weighted by Gasteiger charge is 2.10. The molecule has 0 amide bonds. The molecule has 0 unspecified atom stereocenters. The molecule has 0 fully saturated rings. The van der Waals surface area contributed by atoms with Crippen LogP contribution in [0.25, 0.3) is 11.1 Å². The van der Waals surface area contributed by atoms with Gasteiger partial charge in [-0.1, -0.05) is 54.6 Å². The summed E-state index contributed by atoms with van der Waals surface area (Å²) in [7, 11) is 0. The number of hydrogen-bond donors (Lipinski definition) is 1. The van der Waals surface area contributed by atoms with Crippen LogP contribution < -0.4 is 10.5 Å². The Kier molecular flexibility index (Phi) is 3.61. The van der Waals surface area contributed by atoms with Crippen LogP contribution in [0.3, 0.4) is 0 Å². The quantitative estimate of drug-likeness (QED) is 0.680. The summed E-state index contributed by atoms with van der Waals surface area (Å²) < 4.78 is 6.10. The Morgan fingerprint density at radius 2 is 1.57 bits per heavy atom. The first-order chi connectivity index (χ1) is 10.2. The molecule has 0 aliphatic rings. The molecule has 0 saturated carbocycles. The lowest BCUT2D eigenvalue weighted by Gasteiger charge is -2.14. The van der Waals surface area contributed by atoms with Crippen LogP contribution >= 0.6 is 0 Å². The number of ether oxygens (including phenoxy) is 1. The summed E-state index contributed by atoms with van der Waals surface area (Å²) in [5.41, 5.74) is 9.83. The normalized spacial score (nSPS) is 10.3. The molecule has 3 rings (SSSR count). The predicted molar refractivity (Wildman–Crippen MR) is 87.5 cm³/mol. The highest BCUT2D eigenvalue weighted by Crippen LogP contribution is 2.36. The van der Waals surface area contributed by atoms with E-state index >= 15 is 0 Å². The van der Waals surface area contributed by atoms with E-state index in [1.165, 1.54) is 0 Å². The topological polar surface area (TPSA) is 35.2 Å². The van der Waals surface area contributed by atoms with Gasteiger partial charge in [-0.25, -0.2) is 0 Å². The van der Waals surface area contributed by atoms with E-state index in [0.29, 0.717) is 5.69 Å². The largest absolute Gasteiger partial charge is 0.456 e. The van der Waals surface area contributed by atoms with Crippen LogP contribution in [0.15, 0.2) is 72.8 Å². The fourth-order valence-electron chi connectivity index (χ4n) is 2.33. The van der Waals surface area contributed by atoms with E-state index in [4.69, 9.17) is 10.5 Å². The number of benzene rings is 3. The Balaban J connectivity index is 2.06. The van der Waals surface area contributed by atoms with Gasteiger partial charge in [0.15, 0.2) is 0 Å². The van der Waals surface area contributed by atoms with Crippen molar-refractivity contribution < 1.29 is 4.74 Å². The molecule has 21 heavy (non-hydrogen) atoms. The van der Waals surface area contributed by atoms with Crippen LogP contribution in [0.4, 0.5) is 5.69 Å². The Labute approximate surface area is 124 Å². The molecule has 0 bridgehead atoms. The predicted octanol–water partition coefficient (Wildman–Crippen LogP) is 5.04. The van der Waals surface area contributed by atoms with Crippen molar-refractivity contribution in [3.8, 4) is 22.6 Å². The summed E-state index contributed by atoms with van der Waals surface area (Å²) in [6.45, 7) is 2.05. The lowest BCUT2D eigenvalue weighted by Crippen LogP contribution is -1.92. The van der Waals surface area contributed by atoms with Crippen LogP contribution in [0, 0.1) is 6.92 Å². The zero-order valence-corrected chi connectivity index (χ0v) is 11.9. The number of aryl methyl sites for hydroxylation is 1. The minimum Gasteiger partial charge on any atom is -0.456 e. The van der Waals surface area contributed by atoms with Crippen molar-refractivity contribution in [2.24, 2.45) is 0 Å². The van der Waals surface area contributed by atoms with E-state index in [1.807, 2.05) is 61.5 Å². The molecule has 3 aromatic rings. The standard InChI is InChI=1S/C19H17NO/c1-14-7-5-12-18(15-8-3-2-4-9-15)19(14)21-17-11-6-10-16(20)13-17/h2-13H,20H2,1H3. The summed E-state index contributed by atoms with van der Waals surface area (Å²) in [4.78, 5) is 0. The highest BCUT2D eigenvalue weighted by atomic mass is 16.5. The first-order valence-electron chi connectivity index (χ1n) is 6.92. The molecule has 2 nitrogen and oxygen atoms in total. The van der Waals surface area contributed by atoms with Gasteiger partial charge in [-0.3, -0.25) is 0 Å². The Morgan fingerprint density at radius 3 is 2.33 bits per heavy atom. The smallest absolute Gasteiger partial charge is 0.138 e. The molecule has 0 aliphatic carbocycles. The molecular formula is C19H17NO. The zero-order chi connectivity index (χ0) is 14.7. The maximum absolute atomic E-state index is 6.10. The first-order valence-corrected chi connectivity index (χ1v) is 6.92. The SMILES string of the molecule is Cc1cccc(-c2ccccc2)c1Oc1cccc(N)c1. The molecule has 2 heteroatoms. The van der Waals surface area contributed by atoms with Crippen LogP contribution in [0.5, 0.6) is 11.5 Å². The molecule has 104 valence electrons. The third-order valence-electron chi connectivity index (χ3n) is 3.37. The molecule has 0 aliphatic heterocycles. The molecule has 0 aromatic heterocycles. The van der Waals surface area contributed by atoms with E-state index in [0.717, 1.165) is 28.2 Å². The van der Waals surface area contributed by atoms with Crippen LogP contribution in [0.1, 0.15) is 5.56 Å². The molecular weight excluding hydrogens is 258 g/mol. The van der Waals surface area contributed by atoms with Gasteiger partial charge in [0.2, 0.25) is 0 Å². The van der Waals surface area contributed by atoms with E-state index in [-0.39, 0.29) is 0 Å². The molecule has 2 N–H and O–H groups in total. The van der Waals surface area contributed by atoms with Crippen LogP contribution in [0.2, 0.25) is 0 Å². The van der Waals surface area contributed by atoms with Crippen molar-refractivity contribution in [3.63, 3.8) is 0 Å². The Hall–Kier alpha value is -2.74. The first kappa shape index (κ1) is 13.3. The van der Waals surface area contributed by atoms with Gasteiger partial charge in [-0.05, 0) is 30.2 Å². The number of anilines is 1. The van der Waals surface area contributed by atoms with Gasteiger partial charge < -0.3 is 10.5 Å². The number of para-hydroxylation sites is 1. The molecule has 0 spiro atoms. The minimum absolute atomic E-state index is 0.697. The second-order valence-corrected chi connectivity index (χ2v) is 4.99. The monoisotopic (exact) mass is 275 g/mol. The van der Waals surface area contributed by atoms with E-state index in [2.05, 4.69) is 18.2 Å². The molecule has 0 radical (unpaired) electrons. The van der Waals surface area contributed by atoms with Gasteiger partial charge in [-0.15, -0.1) is 0 Å². The second kappa shape index (κ2) is 5.71. The summed E-state index contributed by atoms with van der Waals surface area (Å²) in [6.07, 6.45) is 0. The summed E-state index contributed by atoms with van der Waals surface area (Å²) >= 11 is 0. The summed E-state index contributed by atoms with van der Waals surface area (Å²) in [5, 5.41) is 0. The van der Waals surface area contributed by atoms with Crippen molar-refractivity contribution in [1.29, 1.82) is 0 Å². The average Bonchev–Trinajstić information content (AvgIpc) is 2.50. The molecule has 3 aromatic carbocycles. The average molecular weight is 275 g/mol. The second-order valence-electron chi connectivity index (χ2n) is 4.99. The molecule has 0 atom stereocenters. The molecule has 0 heterocycles. The fourth-order valence-corrected chi connectivity index (χ4v) is 2.33. The number of nitrogens with two attached hydrogens (primary N) is 1. The Morgan fingerprint density at radius 1 is 0.810 bits per heavy atom. The summed E-state index contributed by atoms with van der Waals surface area (Å²) in [5.74, 6) is 1.62. The third-order valence-corrected chi connectivity index (χ3v) is 3.37. The van der Waals surface area contributed by atoms with E-state index < -0.39 is 0 Å². The maximum Gasteiger partial charge on any atom is 0.138 e. The van der Waals surface area contributed by atoms with Gasteiger partial charge in [0.25, 0.3) is 0 Å². The zero-order valence-electron chi connectivity index (χ0n) is 11.9. The fraction of sp³-hybridized carbons (Fsp3) is 0.0526. The van der Waals surface area contributed by atoms with Crippen molar-refractivity contribution in [3.05, 3.63) is 78.4 Å². The lowest BCUT2D eigenvalue weighted by molar-refractivity contribution is 0.481. The van der Waals surface area contributed by atoms with Crippen LogP contribution in [-0.2, 0) is 0 Å². The van der Waals surface area contributed by atoms with Gasteiger partial charge in [0, 0.05) is 17.3 Å². The number of hydrogen-bond acceptors (Lipinski definition) is 2. The van der Waals surface area contributed by atoms with Gasteiger partial charge in [-0.2, -0.15) is 0 Å². The van der Waals surface area contributed by atoms with Crippen LogP contribution in [-0.4, -0.2) is 0 Å². The van der Waals surface area contributed by atoms with Gasteiger partial charge in [0.1, 0.15) is 11.5 Å². The maximum atomic E-state index is 6.10. The van der Waals surface area contributed by atoms with Crippen molar-refractivity contribution in [2.75, 3.05) is 5.73 Å². The molecule has 0 saturated heterocycles. The van der Waals surface area contributed by atoms with Gasteiger partial charge >= 0.3 is 0 Å². The van der Waals surface area contributed by atoms with Crippen molar-refractivity contribution >= 4 is 5.69 Å². The summed E-state index contributed by atoms with van der Waals surface area (Å²) in [6, 6.07) is 23.9. The van der Waals surface area contributed by atoms with Gasteiger partial charge in [0.05, 0.1) is 0 Å². The minimum atomic E-state index is 0.697. The lowest BCUT2D eigenvalue weighted by atomic mass is 10.0. The van der Waals surface area contributed by atoms with E-state index in [9.17, 15) is 0 Å². The van der Waals surface area contributed by atoms with Crippen molar-refractivity contribution in [1.82, 2.24) is 0 Å². The number of rotatable bonds is 3. The number of nitrogen functional groups attached to an aromatic ring is 1. The van der Waals surface area contributed by atoms with Crippen molar-refractivity contribution in [2.45, 2.75) is 6.92 Å². The van der Waals surface area contributed by atoms with E-state index in [1.54, 1.807) is 0 Å². The third kappa shape index (κ3) is 2.90.